The Hall–Kier alpha value is -2.50. The Bertz CT molecular complexity index is 927. The molecule has 4 rings (SSSR count). The Kier molecular flexibility index (Phi) is 5.55. The van der Waals surface area contributed by atoms with Gasteiger partial charge in [0.05, 0.1) is 0 Å². The molecule has 0 radical (unpaired) electrons. The second-order valence-electron chi connectivity index (χ2n) is 7.87. The first-order valence-electron chi connectivity index (χ1n) is 10.0. The summed E-state index contributed by atoms with van der Waals surface area (Å²) in [7, 11) is 0. The Labute approximate surface area is 165 Å². The van der Waals surface area contributed by atoms with E-state index in [1.54, 1.807) is 21.9 Å². The molecular weight excluding hydrogens is 353 g/mol. The molecule has 28 heavy (non-hydrogen) atoms. The number of nitrogens with one attached hydrogen (secondary N) is 2. The van der Waals surface area contributed by atoms with E-state index in [1.165, 1.54) is 36.3 Å². The number of quaternary nitrogens is 2. The Morgan fingerprint density at radius 3 is 2.21 bits per heavy atom. The van der Waals surface area contributed by atoms with Crippen LogP contribution in [0.25, 0.3) is 11.3 Å². The topological polar surface area (TPSA) is 34.9 Å². The Morgan fingerprint density at radius 1 is 0.893 bits per heavy atom. The molecule has 5 heteroatoms. The van der Waals surface area contributed by atoms with E-state index in [4.69, 9.17) is 4.52 Å². The van der Waals surface area contributed by atoms with Gasteiger partial charge in [0.1, 0.15) is 50.8 Å². The largest absolute Gasteiger partial charge is 0.356 e. The summed E-state index contributed by atoms with van der Waals surface area (Å²) in [4.78, 5) is 3.21. The summed E-state index contributed by atoms with van der Waals surface area (Å²) in [5, 5.41) is 4.31. The van der Waals surface area contributed by atoms with Crippen LogP contribution >= 0.6 is 0 Å². The molecule has 0 saturated carbocycles. The highest BCUT2D eigenvalue weighted by Gasteiger charge is 2.26. The zero-order chi connectivity index (χ0) is 19.5. The molecule has 0 aliphatic carbocycles. The van der Waals surface area contributed by atoms with Crippen molar-refractivity contribution in [2.75, 3.05) is 26.2 Å². The number of halogens is 1. The van der Waals surface area contributed by atoms with Crippen molar-refractivity contribution < 1.29 is 18.7 Å². The lowest BCUT2D eigenvalue weighted by Gasteiger charge is -2.29. The molecular formula is C23H28FN3O+2. The van der Waals surface area contributed by atoms with Gasteiger partial charge in [-0.25, -0.2) is 4.39 Å². The summed E-state index contributed by atoms with van der Waals surface area (Å²) >= 11 is 0. The minimum Gasteiger partial charge on any atom is -0.356 e. The maximum absolute atomic E-state index is 13.2. The van der Waals surface area contributed by atoms with E-state index in [2.05, 4.69) is 36.3 Å². The molecule has 1 fully saturated rings. The van der Waals surface area contributed by atoms with Crippen molar-refractivity contribution in [1.29, 1.82) is 0 Å². The maximum Gasteiger partial charge on any atom is 0.170 e. The Morgan fingerprint density at radius 2 is 1.54 bits per heavy atom. The van der Waals surface area contributed by atoms with E-state index in [9.17, 15) is 4.39 Å². The van der Waals surface area contributed by atoms with Gasteiger partial charge in [-0.3, -0.25) is 0 Å². The summed E-state index contributed by atoms with van der Waals surface area (Å²) in [5.74, 6) is 0.509. The zero-order valence-corrected chi connectivity index (χ0v) is 16.6. The van der Waals surface area contributed by atoms with Gasteiger partial charge in [0.15, 0.2) is 5.76 Å². The van der Waals surface area contributed by atoms with Crippen molar-refractivity contribution in [3.05, 3.63) is 76.7 Å². The lowest BCUT2D eigenvalue weighted by atomic mass is 10.1. The summed E-state index contributed by atoms with van der Waals surface area (Å²) in [5.41, 5.74) is 5.79. The molecule has 2 aromatic carbocycles. The van der Waals surface area contributed by atoms with Crippen LogP contribution < -0.4 is 9.80 Å². The minimum absolute atomic E-state index is 0.239. The normalized spacial score (nSPS) is 19.7. The number of hydrogen-bond acceptors (Lipinski definition) is 2. The van der Waals surface area contributed by atoms with Gasteiger partial charge in [0.2, 0.25) is 0 Å². The first-order valence-corrected chi connectivity index (χ1v) is 10.0. The van der Waals surface area contributed by atoms with Crippen LogP contribution in [0.4, 0.5) is 4.39 Å². The molecule has 3 aromatic rings. The van der Waals surface area contributed by atoms with Crippen molar-refractivity contribution in [1.82, 2.24) is 5.16 Å². The highest BCUT2D eigenvalue weighted by Crippen LogP contribution is 2.25. The molecule has 2 heterocycles. The lowest BCUT2D eigenvalue weighted by Crippen LogP contribution is -3.27. The fraction of sp³-hybridized carbons (Fsp3) is 0.348. The molecule has 1 aliphatic rings. The van der Waals surface area contributed by atoms with E-state index in [-0.39, 0.29) is 5.82 Å². The average molecular weight is 381 g/mol. The van der Waals surface area contributed by atoms with Crippen LogP contribution in [0.15, 0.2) is 53.1 Å². The number of hydrogen-bond donors (Lipinski definition) is 2. The molecule has 0 bridgehead atoms. The van der Waals surface area contributed by atoms with Crippen LogP contribution in [0.2, 0.25) is 0 Å². The number of nitrogens with zero attached hydrogens (tertiary/aromatic N) is 1. The van der Waals surface area contributed by atoms with Gasteiger partial charge in [-0.1, -0.05) is 29.4 Å². The predicted molar refractivity (Wildman–Crippen MR) is 107 cm³/mol. The van der Waals surface area contributed by atoms with Crippen LogP contribution in [0.5, 0.6) is 0 Å². The molecule has 0 amide bonds. The van der Waals surface area contributed by atoms with Gasteiger partial charge in [-0.15, -0.1) is 0 Å². The molecule has 0 unspecified atom stereocenters. The van der Waals surface area contributed by atoms with Crippen molar-refractivity contribution in [2.24, 2.45) is 0 Å². The zero-order valence-electron chi connectivity index (χ0n) is 16.6. The molecule has 2 N–H and O–H groups in total. The average Bonchev–Trinajstić information content (AvgIpc) is 3.06. The van der Waals surface area contributed by atoms with Gasteiger partial charge in [-0.05, 0) is 43.7 Å². The van der Waals surface area contributed by atoms with Crippen molar-refractivity contribution in [3.8, 4) is 11.3 Å². The Balaban J connectivity index is 1.35. The summed E-state index contributed by atoms with van der Waals surface area (Å²) in [6.45, 7) is 10.9. The van der Waals surface area contributed by atoms with Gasteiger partial charge < -0.3 is 14.3 Å². The van der Waals surface area contributed by atoms with E-state index < -0.39 is 0 Å². The number of rotatable bonds is 5. The third-order valence-electron chi connectivity index (χ3n) is 5.91. The standard InChI is InChI=1S/C23H26FN3O/c1-17-5-3-4-6-20(17)15-26-11-13-27(14-12-26)16-22-18(2)23(28-25-22)19-7-9-21(24)10-8-19/h3-10H,11-16H2,1-2H3/p+2. The number of aryl methyl sites for hydroxylation is 1. The van der Waals surface area contributed by atoms with Crippen molar-refractivity contribution in [2.45, 2.75) is 26.9 Å². The second kappa shape index (κ2) is 8.25. The molecule has 0 atom stereocenters. The number of aromatic nitrogens is 1. The lowest BCUT2D eigenvalue weighted by molar-refractivity contribution is -1.02. The van der Waals surface area contributed by atoms with E-state index in [1.807, 2.05) is 6.92 Å². The first-order chi connectivity index (χ1) is 13.6. The van der Waals surface area contributed by atoms with Gasteiger partial charge in [0, 0.05) is 16.7 Å². The highest BCUT2D eigenvalue weighted by atomic mass is 19.1. The molecule has 0 spiro atoms. The van der Waals surface area contributed by atoms with Gasteiger partial charge in [-0.2, -0.15) is 0 Å². The quantitative estimate of drug-likeness (QED) is 0.704. The monoisotopic (exact) mass is 381 g/mol. The summed E-state index contributed by atoms with van der Waals surface area (Å²) < 4.78 is 18.7. The van der Waals surface area contributed by atoms with Gasteiger partial charge in [0.25, 0.3) is 0 Å². The SMILES string of the molecule is Cc1ccccc1C[NH+]1CC[NH+](Cc2noc(-c3ccc(F)cc3)c2C)CC1. The molecule has 1 aliphatic heterocycles. The highest BCUT2D eigenvalue weighted by molar-refractivity contribution is 5.61. The van der Waals surface area contributed by atoms with Crippen molar-refractivity contribution >= 4 is 0 Å². The van der Waals surface area contributed by atoms with Crippen LogP contribution in [0.3, 0.4) is 0 Å². The van der Waals surface area contributed by atoms with Crippen LogP contribution in [-0.2, 0) is 13.1 Å². The number of benzene rings is 2. The fourth-order valence-electron chi connectivity index (χ4n) is 4.03. The molecule has 146 valence electrons. The summed E-state index contributed by atoms with van der Waals surface area (Å²) in [6, 6.07) is 15.1. The van der Waals surface area contributed by atoms with Crippen LogP contribution in [0.1, 0.15) is 22.4 Å². The first kappa shape index (κ1) is 18.8. The number of piperazine rings is 1. The maximum atomic E-state index is 13.2. The third-order valence-corrected chi connectivity index (χ3v) is 5.91. The fourth-order valence-corrected chi connectivity index (χ4v) is 4.03. The third kappa shape index (κ3) is 4.16. The van der Waals surface area contributed by atoms with Crippen LogP contribution in [-0.4, -0.2) is 31.3 Å². The molecule has 1 saturated heterocycles. The van der Waals surface area contributed by atoms with E-state index in [0.29, 0.717) is 0 Å². The smallest absolute Gasteiger partial charge is 0.170 e. The molecule has 4 nitrogen and oxygen atoms in total. The second-order valence-corrected chi connectivity index (χ2v) is 7.87. The van der Waals surface area contributed by atoms with E-state index in [0.717, 1.165) is 48.8 Å². The predicted octanol–water partition coefficient (Wildman–Crippen LogP) is 1.58. The van der Waals surface area contributed by atoms with Crippen LogP contribution in [0, 0.1) is 19.7 Å². The van der Waals surface area contributed by atoms with E-state index >= 15 is 0 Å². The van der Waals surface area contributed by atoms with Crippen molar-refractivity contribution in [3.63, 3.8) is 0 Å². The molecule has 1 aromatic heterocycles. The summed E-state index contributed by atoms with van der Waals surface area (Å²) in [6.07, 6.45) is 0. The minimum atomic E-state index is -0.239. The van der Waals surface area contributed by atoms with Gasteiger partial charge >= 0.3 is 0 Å².